The summed E-state index contributed by atoms with van der Waals surface area (Å²) < 4.78 is 0.946. The summed E-state index contributed by atoms with van der Waals surface area (Å²) in [7, 11) is 0. The lowest BCUT2D eigenvalue weighted by atomic mass is 10.0. The summed E-state index contributed by atoms with van der Waals surface area (Å²) in [5.41, 5.74) is 3.60. The van der Waals surface area contributed by atoms with E-state index in [2.05, 4.69) is 21.4 Å². The number of hydroxylamine groups is 1. The molecule has 3 nitrogen and oxygen atoms in total. The van der Waals surface area contributed by atoms with E-state index in [4.69, 9.17) is 4.84 Å². The van der Waals surface area contributed by atoms with Gasteiger partial charge < -0.3 is 5.11 Å². The minimum atomic E-state index is -0.255. The van der Waals surface area contributed by atoms with Crippen molar-refractivity contribution in [3.8, 4) is 5.75 Å². The highest BCUT2D eigenvalue weighted by Gasteiger charge is 2.18. The van der Waals surface area contributed by atoms with Crippen molar-refractivity contribution in [3.05, 3.63) is 28.2 Å². The van der Waals surface area contributed by atoms with Crippen LogP contribution in [-0.2, 0) is 4.84 Å². The van der Waals surface area contributed by atoms with Gasteiger partial charge in [0.25, 0.3) is 0 Å². The molecular formula is C13H20BrNO2. The molecule has 0 spiro atoms. The Balaban J connectivity index is 2.82. The first kappa shape index (κ1) is 14.5. The minimum Gasteiger partial charge on any atom is -0.508 e. The second kappa shape index (κ2) is 5.85. The van der Waals surface area contributed by atoms with Crippen molar-refractivity contribution in [3.63, 3.8) is 0 Å². The quantitative estimate of drug-likeness (QED) is 0.828. The SMILES string of the molecule is CCC(NOC(C)(C)C)c1cc(Br)ccc1O. The standard InChI is InChI=1S/C13H20BrNO2/c1-5-11(15-17-13(2,3)4)10-8-9(14)6-7-12(10)16/h6-8,11,15-16H,5H2,1-4H3. The molecular weight excluding hydrogens is 282 g/mol. The Morgan fingerprint density at radius 1 is 1.41 bits per heavy atom. The van der Waals surface area contributed by atoms with Gasteiger partial charge in [-0.05, 0) is 45.4 Å². The Labute approximate surface area is 111 Å². The fourth-order valence-electron chi connectivity index (χ4n) is 1.42. The lowest BCUT2D eigenvalue weighted by molar-refractivity contribution is -0.0898. The fourth-order valence-corrected chi connectivity index (χ4v) is 1.80. The lowest BCUT2D eigenvalue weighted by Crippen LogP contribution is -2.31. The van der Waals surface area contributed by atoms with E-state index >= 15 is 0 Å². The van der Waals surface area contributed by atoms with Crippen LogP contribution < -0.4 is 5.48 Å². The maximum Gasteiger partial charge on any atom is 0.120 e. The molecule has 1 aromatic rings. The third kappa shape index (κ3) is 4.66. The first-order chi connectivity index (χ1) is 7.83. The van der Waals surface area contributed by atoms with Crippen LogP contribution in [0.4, 0.5) is 0 Å². The zero-order valence-electron chi connectivity index (χ0n) is 10.7. The van der Waals surface area contributed by atoms with Gasteiger partial charge in [0.2, 0.25) is 0 Å². The number of nitrogens with one attached hydrogen (secondary N) is 1. The van der Waals surface area contributed by atoms with Crippen molar-refractivity contribution in [1.82, 2.24) is 5.48 Å². The molecule has 1 atom stereocenters. The van der Waals surface area contributed by atoms with Gasteiger partial charge in [-0.2, -0.15) is 5.48 Å². The van der Waals surface area contributed by atoms with Gasteiger partial charge in [-0.1, -0.05) is 22.9 Å². The van der Waals surface area contributed by atoms with Crippen LogP contribution in [-0.4, -0.2) is 10.7 Å². The maximum absolute atomic E-state index is 9.85. The Morgan fingerprint density at radius 2 is 2.06 bits per heavy atom. The Bertz CT molecular complexity index is 374. The van der Waals surface area contributed by atoms with Crippen molar-refractivity contribution in [1.29, 1.82) is 0 Å². The van der Waals surface area contributed by atoms with E-state index in [1.165, 1.54) is 0 Å². The van der Waals surface area contributed by atoms with Gasteiger partial charge in [-0.3, -0.25) is 4.84 Å². The van der Waals surface area contributed by atoms with Crippen molar-refractivity contribution in [2.75, 3.05) is 0 Å². The second-order valence-corrected chi connectivity index (χ2v) is 5.91. The predicted molar refractivity (Wildman–Crippen MR) is 72.8 cm³/mol. The topological polar surface area (TPSA) is 41.5 Å². The van der Waals surface area contributed by atoms with Gasteiger partial charge in [0.1, 0.15) is 5.75 Å². The van der Waals surface area contributed by atoms with E-state index in [0.717, 1.165) is 16.5 Å². The van der Waals surface area contributed by atoms with Gasteiger partial charge in [0, 0.05) is 10.0 Å². The van der Waals surface area contributed by atoms with Crippen LogP contribution in [0.3, 0.4) is 0 Å². The minimum absolute atomic E-state index is 0.0216. The fraction of sp³-hybridized carbons (Fsp3) is 0.538. The lowest BCUT2D eigenvalue weighted by Gasteiger charge is -2.25. The molecule has 2 N–H and O–H groups in total. The largest absolute Gasteiger partial charge is 0.508 e. The number of rotatable bonds is 4. The molecule has 96 valence electrons. The highest BCUT2D eigenvalue weighted by molar-refractivity contribution is 9.10. The van der Waals surface area contributed by atoms with E-state index in [0.29, 0.717) is 0 Å². The number of hydrogen-bond donors (Lipinski definition) is 2. The highest BCUT2D eigenvalue weighted by atomic mass is 79.9. The number of phenolic OH excluding ortho intramolecular Hbond substituents is 1. The molecule has 0 amide bonds. The molecule has 0 aliphatic heterocycles. The maximum atomic E-state index is 9.85. The van der Waals surface area contributed by atoms with E-state index < -0.39 is 0 Å². The normalized spacial score (nSPS) is 13.7. The van der Waals surface area contributed by atoms with Crippen molar-refractivity contribution < 1.29 is 9.94 Å². The summed E-state index contributed by atoms with van der Waals surface area (Å²) in [6, 6.07) is 5.38. The summed E-state index contributed by atoms with van der Waals surface area (Å²) in [6.07, 6.45) is 0.833. The molecule has 17 heavy (non-hydrogen) atoms. The number of hydrogen-bond acceptors (Lipinski definition) is 3. The van der Waals surface area contributed by atoms with Gasteiger partial charge in [0.15, 0.2) is 0 Å². The van der Waals surface area contributed by atoms with Crippen molar-refractivity contribution in [2.45, 2.75) is 45.8 Å². The van der Waals surface area contributed by atoms with Crippen LogP contribution in [0.1, 0.15) is 45.7 Å². The predicted octanol–water partition coefficient (Wildman–Crippen LogP) is 3.93. The molecule has 0 aliphatic carbocycles. The van der Waals surface area contributed by atoms with Gasteiger partial charge >= 0.3 is 0 Å². The van der Waals surface area contributed by atoms with Crippen LogP contribution in [0.2, 0.25) is 0 Å². The highest BCUT2D eigenvalue weighted by Crippen LogP contribution is 2.29. The van der Waals surface area contributed by atoms with Crippen LogP contribution >= 0.6 is 15.9 Å². The zero-order valence-corrected chi connectivity index (χ0v) is 12.3. The second-order valence-electron chi connectivity index (χ2n) is 5.00. The molecule has 1 aromatic carbocycles. The molecule has 0 aliphatic rings. The third-order valence-electron chi connectivity index (χ3n) is 2.28. The number of benzene rings is 1. The van der Waals surface area contributed by atoms with E-state index in [1.807, 2.05) is 39.8 Å². The molecule has 0 fully saturated rings. The first-order valence-corrected chi connectivity index (χ1v) is 6.54. The average Bonchev–Trinajstić information content (AvgIpc) is 2.22. The van der Waals surface area contributed by atoms with Gasteiger partial charge in [-0.15, -0.1) is 0 Å². The van der Waals surface area contributed by atoms with Crippen molar-refractivity contribution >= 4 is 15.9 Å². The summed E-state index contributed by atoms with van der Waals surface area (Å²) in [5, 5.41) is 9.85. The molecule has 0 heterocycles. The molecule has 0 bridgehead atoms. The number of phenols is 1. The zero-order chi connectivity index (χ0) is 13.1. The van der Waals surface area contributed by atoms with Gasteiger partial charge in [-0.25, -0.2) is 0 Å². The smallest absolute Gasteiger partial charge is 0.120 e. The van der Waals surface area contributed by atoms with Crippen molar-refractivity contribution in [2.24, 2.45) is 0 Å². The Morgan fingerprint density at radius 3 is 2.59 bits per heavy atom. The Kier molecular flexibility index (Phi) is 4.98. The summed E-state index contributed by atoms with van der Waals surface area (Å²) in [5.74, 6) is 0.282. The molecule has 1 unspecified atom stereocenters. The number of aromatic hydroxyl groups is 1. The third-order valence-corrected chi connectivity index (χ3v) is 2.77. The Hall–Kier alpha value is -0.580. The van der Waals surface area contributed by atoms with Crippen LogP contribution in [0.25, 0.3) is 0 Å². The van der Waals surface area contributed by atoms with Crippen LogP contribution in [0.5, 0.6) is 5.75 Å². The first-order valence-electron chi connectivity index (χ1n) is 5.75. The van der Waals surface area contributed by atoms with E-state index in [1.54, 1.807) is 6.07 Å². The number of halogens is 1. The summed E-state index contributed by atoms with van der Waals surface area (Å²) >= 11 is 3.40. The molecule has 4 heteroatoms. The summed E-state index contributed by atoms with van der Waals surface area (Å²) in [6.45, 7) is 7.98. The average molecular weight is 302 g/mol. The van der Waals surface area contributed by atoms with E-state index in [-0.39, 0.29) is 17.4 Å². The molecule has 1 rings (SSSR count). The molecule has 0 aromatic heterocycles. The van der Waals surface area contributed by atoms with E-state index in [9.17, 15) is 5.11 Å². The van der Waals surface area contributed by atoms with Gasteiger partial charge in [0.05, 0.1) is 11.6 Å². The monoisotopic (exact) mass is 301 g/mol. The summed E-state index contributed by atoms with van der Waals surface area (Å²) in [4.78, 5) is 5.56. The molecule has 0 saturated carbocycles. The molecule has 0 radical (unpaired) electrons. The van der Waals surface area contributed by atoms with Crippen LogP contribution in [0, 0.1) is 0 Å². The van der Waals surface area contributed by atoms with Crippen LogP contribution in [0.15, 0.2) is 22.7 Å². The molecule has 0 saturated heterocycles.